The molecule has 0 fully saturated rings. The third kappa shape index (κ3) is 8.46. The van der Waals surface area contributed by atoms with Gasteiger partial charge >= 0.3 is 5.97 Å². The number of amides is 2. The normalized spacial score (nSPS) is 10.5. The Bertz CT molecular complexity index is 1510. The lowest BCUT2D eigenvalue weighted by Crippen LogP contribution is -2.34. The summed E-state index contributed by atoms with van der Waals surface area (Å²) in [6, 6.07) is 10.6. The minimum atomic E-state index is -0.683. The molecule has 0 aliphatic carbocycles. The molecule has 0 unspecified atom stereocenters. The number of ether oxygens (including phenoxy) is 8. The van der Waals surface area contributed by atoms with Crippen molar-refractivity contribution in [1.82, 2.24) is 10.7 Å². The molecule has 0 aliphatic rings. The molecule has 0 saturated heterocycles. The number of hydrazone groups is 1. The Morgan fingerprint density at radius 1 is 0.689 bits per heavy atom. The largest absolute Gasteiger partial charge is 0.493 e. The summed E-state index contributed by atoms with van der Waals surface area (Å²) in [6.45, 7) is 1.71. The summed E-state index contributed by atoms with van der Waals surface area (Å²) in [5.41, 5.74) is 3.24. The van der Waals surface area contributed by atoms with Gasteiger partial charge in [-0.05, 0) is 55.0 Å². The Kier molecular flexibility index (Phi) is 12.2. The van der Waals surface area contributed by atoms with Crippen LogP contribution < -0.4 is 48.6 Å². The van der Waals surface area contributed by atoms with E-state index < -0.39 is 17.8 Å². The van der Waals surface area contributed by atoms with E-state index in [1.165, 1.54) is 79.2 Å². The highest BCUT2D eigenvalue weighted by molar-refractivity contribution is 5.98. The molecular weight excluding hydrogens is 590 g/mol. The molecule has 45 heavy (non-hydrogen) atoms. The molecule has 0 aromatic heterocycles. The SMILES string of the molecule is CCOc1cc(C=NNC(=O)CNC(=O)c2cc(OC)c(OC)c(OC)c2)ccc1OC(=O)c1cc(OC)c(OC)c(OC)c1. The Labute approximate surface area is 260 Å². The van der Waals surface area contributed by atoms with Gasteiger partial charge in [-0.3, -0.25) is 9.59 Å². The molecule has 14 nitrogen and oxygen atoms in total. The van der Waals surface area contributed by atoms with Gasteiger partial charge in [-0.15, -0.1) is 0 Å². The monoisotopic (exact) mass is 625 g/mol. The fourth-order valence-corrected chi connectivity index (χ4v) is 4.01. The standard InChI is InChI=1S/C31H35N3O11/c1-8-44-22-11-18(9-10-21(22)45-31(37)20-14-25(40-4)29(43-7)26(15-20)41-5)16-33-34-27(35)17-32-30(36)19-12-23(38-2)28(42-6)24(13-19)39-3/h9-16H,8,17H2,1-7H3,(H,32,36)(H,34,35). The van der Waals surface area contributed by atoms with Crippen molar-refractivity contribution in [2.75, 3.05) is 55.8 Å². The van der Waals surface area contributed by atoms with Crippen LogP contribution in [0.5, 0.6) is 46.0 Å². The number of esters is 1. The summed E-state index contributed by atoms with van der Waals surface area (Å²) in [5.74, 6) is 0.485. The molecular formula is C31H35N3O11. The minimum Gasteiger partial charge on any atom is -0.493 e. The molecule has 3 rings (SSSR count). The van der Waals surface area contributed by atoms with Crippen molar-refractivity contribution < 1.29 is 52.3 Å². The summed E-state index contributed by atoms with van der Waals surface area (Å²) < 4.78 is 42.9. The molecule has 0 spiro atoms. The number of carbonyl (C=O) groups excluding carboxylic acids is 3. The van der Waals surface area contributed by atoms with Crippen molar-refractivity contribution in [3.05, 3.63) is 59.2 Å². The molecule has 0 aliphatic heterocycles. The first-order chi connectivity index (χ1) is 21.7. The molecule has 14 heteroatoms. The van der Waals surface area contributed by atoms with Gasteiger partial charge in [0.2, 0.25) is 11.5 Å². The maximum absolute atomic E-state index is 13.0. The van der Waals surface area contributed by atoms with Gasteiger partial charge in [0.1, 0.15) is 0 Å². The van der Waals surface area contributed by atoms with Crippen LogP contribution in [0, 0.1) is 0 Å². The fourth-order valence-electron chi connectivity index (χ4n) is 4.01. The van der Waals surface area contributed by atoms with Crippen LogP contribution >= 0.6 is 0 Å². The first-order valence-electron chi connectivity index (χ1n) is 13.4. The van der Waals surface area contributed by atoms with Gasteiger partial charge in [-0.25, -0.2) is 10.2 Å². The highest BCUT2D eigenvalue weighted by atomic mass is 16.6. The van der Waals surface area contributed by atoms with Gasteiger partial charge in [0, 0.05) is 5.56 Å². The van der Waals surface area contributed by atoms with Crippen molar-refractivity contribution in [2.24, 2.45) is 5.10 Å². The summed E-state index contributed by atoms with van der Waals surface area (Å²) in [4.78, 5) is 37.9. The molecule has 0 heterocycles. The van der Waals surface area contributed by atoms with Gasteiger partial charge in [0.15, 0.2) is 34.5 Å². The smallest absolute Gasteiger partial charge is 0.343 e. The van der Waals surface area contributed by atoms with Gasteiger partial charge < -0.3 is 43.2 Å². The van der Waals surface area contributed by atoms with Gasteiger partial charge in [-0.1, -0.05) is 0 Å². The maximum atomic E-state index is 13.0. The minimum absolute atomic E-state index is 0.159. The lowest BCUT2D eigenvalue weighted by atomic mass is 10.1. The van der Waals surface area contributed by atoms with E-state index in [9.17, 15) is 14.4 Å². The van der Waals surface area contributed by atoms with E-state index in [1.807, 2.05) is 0 Å². The fraction of sp³-hybridized carbons (Fsp3) is 0.290. The van der Waals surface area contributed by atoms with E-state index >= 15 is 0 Å². The zero-order valence-electron chi connectivity index (χ0n) is 26.0. The maximum Gasteiger partial charge on any atom is 0.343 e. The van der Waals surface area contributed by atoms with Crippen molar-refractivity contribution in [3.63, 3.8) is 0 Å². The Morgan fingerprint density at radius 2 is 1.22 bits per heavy atom. The number of hydrogen-bond donors (Lipinski definition) is 2. The summed E-state index contributed by atoms with van der Waals surface area (Å²) >= 11 is 0. The molecule has 0 saturated carbocycles. The molecule has 0 bridgehead atoms. The van der Waals surface area contributed by atoms with Gasteiger partial charge in [-0.2, -0.15) is 5.10 Å². The van der Waals surface area contributed by atoms with Crippen molar-refractivity contribution in [3.8, 4) is 46.0 Å². The molecule has 240 valence electrons. The van der Waals surface area contributed by atoms with Crippen LogP contribution in [0.15, 0.2) is 47.6 Å². The van der Waals surface area contributed by atoms with Crippen LogP contribution in [0.1, 0.15) is 33.2 Å². The second kappa shape index (κ2) is 16.3. The average molecular weight is 626 g/mol. The molecule has 2 N–H and O–H groups in total. The molecule has 0 radical (unpaired) electrons. The van der Waals surface area contributed by atoms with E-state index in [0.29, 0.717) is 40.1 Å². The zero-order valence-corrected chi connectivity index (χ0v) is 26.0. The summed E-state index contributed by atoms with van der Waals surface area (Å²) in [7, 11) is 8.65. The number of hydrogen-bond acceptors (Lipinski definition) is 12. The molecule has 2 amide bonds. The summed E-state index contributed by atoms with van der Waals surface area (Å²) in [6.07, 6.45) is 1.37. The van der Waals surface area contributed by atoms with Crippen LogP contribution in [0.3, 0.4) is 0 Å². The topological polar surface area (TPSA) is 161 Å². The molecule has 0 atom stereocenters. The van der Waals surface area contributed by atoms with Gasteiger partial charge in [0.25, 0.3) is 11.8 Å². The predicted molar refractivity (Wildman–Crippen MR) is 163 cm³/mol. The highest BCUT2D eigenvalue weighted by Gasteiger charge is 2.20. The van der Waals surface area contributed by atoms with Gasteiger partial charge in [0.05, 0.1) is 67.6 Å². The number of rotatable bonds is 15. The quantitative estimate of drug-likeness (QED) is 0.110. The number of benzene rings is 3. The number of methoxy groups -OCH3 is 6. The van der Waals surface area contributed by atoms with Crippen LogP contribution in [0.4, 0.5) is 0 Å². The van der Waals surface area contributed by atoms with Crippen molar-refractivity contribution >= 4 is 24.0 Å². The van der Waals surface area contributed by atoms with Crippen LogP contribution in [-0.4, -0.2) is 79.8 Å². The zero-order chi connectivity index (χ0) is 32.9. The lowest BCUT2D eigenvalue weighted by molar-refractivity contribution is -0.120. The number of carbonyl (C=O) groups is 3. The van der Waals surface area contributed by atoms with Crippen LogP contribution in [-0.2, 0) is 4.79 Å². The number of nitrogens with zero attached hydrogens (tertiary/aromatic N) is 1. The van der Waals surface area contributed by atoms with Crippen LogP contribution in [0.25, 0.3) is 0 Å². The lowest BCUT2D eigenvalue weighted by Gasteiger charge is -2.15. The average Bonchev–Trinajstić information content (AvgIpc) is 3.06. The Morgan fingerprint density at radius 3 is 1.71 bits per heavy atom. The highest BCUT2D eigenvalue weighted by Crippen LogP contribution is 2.39. The molecule has 3 aromatic carbocycles. The predicted octanol–water partition coefficient (Wildman–Crippen LogP) is 3.24. The number of nitrogens with one attached hydrogen (secondary N) is 2. The third-order valence-corrected chi connectivity index (χ3v) is 6.11. The Balaban J connectivity index is 1.65. The van der Waals surface area contributed by atoms with Crippen molar-refractivity contribution in [2.45, 2.75) is 6.92 Å². The second-order valence-corrected chi connectivity index (χ2v) is 8.83. The first kappa shape index (κ1) is 33.8. The van der Waals surface area contributed by atoms with E-state index in [4.69, 9.17) is 37.9 Å². The summed E-state index contributed by atoms with van der Waals surface area (Å²) in [5, 5.41) is 6.43. The molecule has 3 aromatic rings. The van der Waals surface area contributed by atoms with E-state index in [2.05, 4.69) is 15.8 Å². The van der Waals surface area contributed by atoms with E-state index in [1.54, 1.807) is 19.1 Å². The van der Waals surface area contributed by atoms with E-state index in [-0.39, 0.29) is 35.8 Å². The van der Waals surface area contributed by atoms with E-state index in [0.717, 1.165) is 0 Å². The third-order valence-electron chi connectivity index (χ3n) is 6.11. The van der Waals surface area contributed by atoms with Crippen molar-refractivity contribution in [1.29, 1.82) is 0 Å². The van der Waals surface area contributed by atoms with Crippen LogP contribution in [0.2, 0.25) is 0 Å². The first-order valence-corrected chi connectivity index (χ1v) is 13.4. The Hall–Kier alpha value is -5.66. The second-order valence-electron chi connectivity index (χ2n) is 8.83.